The molecule has 70 valence electrons. The Morgan fingerprint density at radius 2 is 2.50 bits per heavy atom. The Kier molecular flexibility index (Phi) is 2.29. The van der Waals surface area contributed by atoms with Gasteiger partial charge in [-0.25, -0.2) is 9.67 Å². The van der Waals surface area contributed by atoms with E-state index in [0.717, 1.165) is 0 Å². The molecule has 0 fully saturated rings. The van der Waals surface area contributed by atoms with Crippen molar-refractivity contribution in [3.05, 3.63) is 34.0 Å². The van der Waals surface area contributed by atoms with E-state index in [1.165, 1.54) is 10.4 Å². The number of hydrogen-bond acceptors (Lipinski definition) is 4. The van der Waals surface area contributed by atoms with Crippen molar-refractivity contribution in [3.8, 4) is 6.07 Å². The molecule has 14 heavy (non-hydrogen) atoms. The van der Waals surface area contributed by atoms with Crippen LogP contribution in [0, 0.1) is 18.3 Å². The van der Waals surface area contributed by atoms with Crippen LogP contribution in [-0.2, 0) is 6.54 Å². The van der Waals surface area contributed by atoms with Gasteiger partial charge in [0, 0.05) is 4.88 Å². The number of aromatic nitrogens is 3. The van der Waals surface area contributed by atoms with Crippen LogP contribution in [0.25, 0.3) is 0 Å². The minimum atomic E-state index is 0.219. The van der Waals surface area contributed by atoms with Gasteiger partial charge in [0.15, 0.2) is 0 Å². The van der Waals surface area contributed by atoms with Gasteiger partial charge in [0.1, 0.15) is 12.4 Å². The van der Waals surface area contributed by atoms with Crippen LogP contribution in [0.1, 0.15) is 16.3 Å². The molecule has 0 N–H and O–H groups in total. The third kappa shape index (κ3) is 1.80. The molecule has 4 nitrogen and oxygen atoms in total. The van der Waals surface area contributed by atoms with Crippen LogP contribution in [0.15, 0.2) is 17.8 Å². The number of rotatable bonds is 2. The van der Waals surface area contributed by atoms with Gasteiger partial charge in [-0.05, 0) is 23.9 Å². The first-order chi connectivity index (χ1) is 6.78. The topological polar surface area (TPSA) is 54.5 Å². The largest absolute Gasteiger partial charge is 0.252 e. The summed E-state index contributed by atoms with van der Waals surface area (Å²) >= 11 is 1.71. The second kappa shape index (κ2) is 3.60. The van der Waals surface area contributed by atoms with Gasteiger partial charge in [-0.3, -0.25) is 0 Å². The summed E-state index contributed by atoms with van der Waals surface area (Å²) < 4.78 is 1.67. The van der Waals surface area contributed by atoms with Gasteiger partial charge in [0.2, 0.25) is 0 Å². The number of hydrogen-bond donors (Lipinski definition) is 0. The molecule has 2 rings (SSSR count). The van der Waals surface area contributed by atoms with Crippen LogP contribution in [0.5, 0.6) is 0 Å². The van der Waals surface area contributed by atoms with Crippen LogP contribution in [0.4, 0.5) is 0 Å². The molecule has 0 atom stereocenters. The Morgan fingerprint density at radius 1 is 1.64 bits per heavy atom. The first-order valence-electron chi connectivity index (χ1n) is 4.11. The lowest BCUT2D eigenvalue weighted by Gasteiger charge is -1.95. The maximum absolute atomic E-state index is 8.53. The molecule has 0 aliphatic heterocycles. The minimum absolute atomic E-state index is 0.219. The number of thiophene rings is 1. The van der Waals surface area contributed by atoms with Crippen molar-refractivity contribution in [1.82, 2.24) is 14.8 Å². The van der Waals surface area contributed by atoms with Crippen LogP contribution in [-0.4, -0.2) is 14.8 Å². The van der Waals surface area contributed by atoms with Crippen LogP contribution in [0.3, 0.4) is 0 Å². The number of aryl methyl sites for hydroxylation is 1. The van der Waals surface area contributed by atoms with Gasteiger partial charge in [-0.15, -0.1) is 16.4 Å². The normalized spacial score (nSPS) is 10.0. The molecule has 2 aromatic rings. The maximum Gasteiger partial charge on any atom is 0.252 e. The fourth-order valence-corrected chi connectivity index (χ4v) is 1.89. The molecule has 0 amide bonds. The summed E-state index contributed by atoms with van der Waals surface area (Å²) in [6, 6.07) is 4.01. The Hall–Kier alpha value is -1.67. The van der Waals surface area contributed by atoms with E-state index in [0.29, 0.717) is 6.54 Å². The summed E-state index contributed by atoms with van der Waals surface area (Å²) in [6.45, 7) is 2.75. The average molecular weight is 204 g/mol. The van der Waals surface area contributed by atoms with E-state index in [4.69, 9.17) is 5.26 Å². The zero-order valence-electron chi connectivity index (χ0n) is 7.64. The minimum Gasteiger partial charge on any atom is -0.247 e. The first-order valence-corrected chi connectivity index (χ1v) is 4.99. The van der Waals surface area contributed by atoms with E-state index >= 15 is 0 Å². The van der Waals surface area contributed by atoms with Gasteiger partial charge in [-0.2, -0.15) is 5.26 Å². The Bertz CT molecular complexity index is 477. The molecule has 0 aliphatic carbocycles. The van der Waals surface area contributed by atoms with E-state index in [1.54, 1.807) is 22.3 Å². The van der Waals surface area contributed by atoms with Crippen LogP contribution < -0.4 is 0 Å². The molecule has 0 unspecified atom stereocenters. The molecule has 2 aromatic heterocycles. The third-order valence-corrected chi connectivity index (χ3v) is 2.68. The molecular formula is C9H8N4S. The second-order valence-corrected chi connectivity index (χ2v) is 4.06. The van der Waals surface area contributed by atoms with E-state index in [2.05, 4.69) is 28.5 Å². The van der Waals surface area contributed by atoms with Crippen LogP contribution >= 0.6 is 11.3 Å². The van der Waals surface area contributed by atoms with Gasteiger partial charge in [0.05, 0.1) is 6.54 Å². The Balaban J connectivity index is 2.15. The van der Waals surface area contributed by atoms with Gasteiger partial charge >= 0.3 is 0 Å². The predicted molar refractivity (Wildman–Crippen MR) is 52.9 cm³/mol. The monoisotopic (exact) mass is 204 g/mol. The highest BCUT2D eigenvalue weighted by Gasteiger charge is 2.01. The van der Waals surface area contributed by atoms with Crippen molar-refractivity contribution in [2.45, 2.75) is 13.5 Å². The Morgan fingerprint density at radius 3 is 3.07 bits per heavy atom. The molecule has 0 aliphatic rings. The smallest absolute Gasteiger partial charge is 0.247 e. The van der Waals surface area contributed by atoms with Crippen molar-refractivity contribution >= 4 is 11.3 Å². The van der Waals surface area contributed by atoms with Crippen molar-refractivity contribution in [3.63, 3.8) is 0 Å². The first kappa shape index (κ1) is 8.91. The highest BCUT2D eigenvalue weighted by molar-refractivity contribution is 7.10. The summed E-state index contributed by atoms with van der Waals surface area (Å²) in [5, 5.41) is 14.6. The van der Waals surface area contributed by atoms with E-state index < -0.39 is 0 Å². The van der Waals surface area contributed by atoms with E-state index in [-0.39, 0.29) is 5.82 Å². The Labute approximate surface area is 85.4 Å². The lowest BCUT2D eigenvalue weighted by Crippen LogP contribution is -1.99. The molecule has 0 radical (unpaired) electrons. The fraction of sp³-hybridized carbons (Fsp3) is 0.222. The fourth-order valence-electron chi connectivity index (χ4n) is 1.19. The average Bonchev–Trinajstić information content (AvgIpc) is 2.76. The summed E-state index contributed by atoms with van der Waals surface area (Å²) in [4.78, 5) is 5.11. The van der Waals surface area contributed by atoms with Crippen molar-refractivity contribution in [2.75, 3.05) is 0 Å². The van der Waals surface area contributed by atoms with Gasteiger partial charge < -0.3 is 0 Å². The molecule has 0 bridgehead atoms. The summed E-state index contributed by atoms with van der Waals surface area (Å²) in [5.41, 5.74) is 1.20. The molecule has 0 saturated carbocycles. The standard InChI is InChI=1S/C9H8N4S/c1-7-2-8(5-14-7)4-13-6-11-9(3-10)12-13/h2,5-6H,4H2,1H3. The quantitative estimate of drug-likeness (QED) is 0.746. The maximum atomic E-state index is 8.53. The zero-order chi connectivity index (χ0) is 9.97. The molecule has 2 heterocycles. The number of nitriles is 1. The van der Waals surface area contributed by atoms with Gasteiger partial charge in [-0.1, -0.05) is 0 Å². The third-order valence-electron chi connectivity index (χ3n) is 1.77. The lowest BCUT2D eigenvalue weighted by atomic mass is 10.3. The molecule has 0 saturated heterocycles. The highest BCUT2D eigenvalue weighted by atomic mass is 32.1. The summed E-state index contributed by atoms with van der Waals surface area (Å²) in [5.74, 6) is 0.219. The molecule has 5 heteroatoms. The van der Waals surface area contributed by atoms with E-state index in [9.17, 15) is 0 Å². The second-order valence-electron chi connectivity index (χ2n) is 2.94. The predicted octanol–water partition coefficient (Wildman–Crippen LogP) is 1.57. The van der Waals surface area contributed by atoms with E-state index in [1.807, 2.05) is 6.07 Å². The summed E-state index contributed by atoms with van der Waals surface area (Å²) in [7, 11) is 0. The van der Waals surface area contributed by atoms with Crippen molar-refractivity contribution < 1.29 is 0 Å². The molecule has 0 spiro atoms. The van der Waals surface area contributed by atoms with Crippen molar-refractivity contribution in [2.24, 2.45) is 0 Å². The van der Waals surface area contributed by atoms with Crippen molar-refractivity contribution in [1.29, 1.82) is 5.26 Å². The highest BCUT2D eigenvalue weighted by Crippen LogP contribution is 2.13. The van der Waals surface area contributed by atoms with Gasteiger partial charge in [0.25, 0.3) is 5.82 Å². The SMILES string of the molecule is Cc1cc(Cn2cnc(C#N)n2)cs1. The molecule has 0 aromatic carbocycles. The lowest BCUT2D eigenvalue weighted by molar-refractivity contribution is 0.684. The number of nitrogens with zero attached hydrogens (tertiary/aromatic N) is 4. The van der Waals surface area contributed by atoms with Crippen LogP contribution in [0.2, 0.25) is 0 Å². The zero-order valence-corrected chi connectivity index (χ0v) is 8.45. The summed E-state index contributed by atoms with van der Waals surface area (Å²) in [6.07, 6.45) is 1.57. The molecular weight excluding hydrogens is 196 g/mol.